The molecule has 0 unspecified atom stereocenters. The van der Waals surface area contributed by atoms with Crippen LogP contribution in [0.4, 0.5) is 0 Å². The molecule has 0 aliphatic rings. The van der Waals surface area contributed by atoms with Crippen LogP contribution >= 0.6 is 0 Å². The van der Waals surface area contributed by atoms with Crippen LogP contribution in [0.5, 0.6) is 0 Å². The fourth-order valence-electron chi connectivity index (χ4n) is 1.18. The van der Waals surface area contributed by atoms with Gasteiger partial charge in [-0.25, -0.2) is 0 Å². The minimum atomic E-state index is 0.593. The Bertz CT molecular complexity index is 328. The number of benzene rings is 1. The third kappa shape index (κ3) is 2.88. The van der Waals surface area contributed by atoms with Gasteiger partial charge in [0.25, 0.3) is 0 Å². The third-order valence-electron chi connectivity index (χ3n) is 2.46. The molecular formula is C14H18. The van der Waals surface area contributed by atoms with Crippen molar-refractivity contribution < 1.29 is 0 Å². The molecule has 0 spiro atoms. The van der Waals surface area contributed by atoms with Crippen LogP contribution < -0.4 is 0 Å². The molecule has 0 fully saturated rings. The topological polar surface area (TPSA) is 0 Å². The highest BCUT2D eigenvalue weighted by molar-refractivity contribution is 5.72. The first-order valence-corrected chi connectivity index (χ1v) is 5.03. The minimum absolute atomic E-state index is 0.593. The largest absolute Gasteiger partial charge is 0.0912 e. The van der Waals surface area contributed by atoms with E-state index in [-0.39, 0.29) is 0 Å². The molecule has 0 atom stereocenters. The third-order valence-corrected chi connectivity index (χ3v) is 2.46. The van der Waals surface area contributed by atoms with Gasteiger partial charge in [-0.1, -0.05) is 62.4 Å². The molecule has 0 aliphatic carbocycles. The van der Waals surface area contributed by atoms with Crippen molar-refractivity contribution in [3.05, 3.63) is 54.1 Å². The van der Waals surface area contributed by atoms with Crippen molar-refractivity contribution in [3.8, 4) is 0 Å². The fourth-order valence-corrected chi connectivity index (χ4v) is 1.18. The smallest absolute Gasteiger partial charge is 0.0190 e. The lowest BCUT2D eigenvalue weighted by atomic mass is 9.99. The first-order chi connectivity index (χ1) is 6.61. The summed E-state index contributed by atoms with van der Waals surface area (Å²) in [4.78, 5) is 0. The summed E-state index contributed by atoms with van der Waals surface area (Å²) in [6.07, 6.45) is 2.17. The monoisotopic (exact) mass is 186 g/mol. The van der Waals surface area contributed by atoms with Crippen molar-refractivity contribution in [2.75, 3.05) is 0 Å². The van der Waals surface area contributed by atoms with E-state index in [1.165, 1.54) is 11.1 Å². The Morgan fingerprint density at radius 3 is 2.29 bits per heavy atom. The first-order valence-electron chi connectivity index (χ1n) is 5.03. The van der Waals surface area contributed by atoms with Gasteiger partial charge < -0.3 is 0 Å². The van der Waals surface area contributed by atoms with Gasteiger partial charge in [0.15, 0.2) is 0 Å². The van der Waals surface area contributed by atoms with E-state index in [1.807, 2.05) is 18.2 Å². The maximum absolute atomic E-state index is 4.07. The summed E-state index contributed by atoms with van der Waals surface area (Å²) in [5.74, 6) is 0.593. The zero-order chi connectivity index (χ0) is 10.6. The van der Waals surface area contributed by atoms with Crippen molar-refractivity contribution in [2.45, 2.75) is 20.8 Å². The average molecular weight is 186 g/mol. The van der Waals surface area contributed by atoms with E-state index < -0.39 is 0 Å². The SMILES string of the molecule is C=C(/C=C(\C)C(C)C)c1ccccc1. The number of allylic oxidation sites excluding steroid dienone is 3. The molecule has 0 saturated heterocycles. The molecule has 1 aromatic rings. The second kappa shape index (κ2) is 4.80. The molecule has 0 bridgehead atoms. The van der Waals surface area contributed by atoms with Crippen molar-refractivity contribution in [1.82, 2.24) is 0 Å². The van der Waals surface area contributed by atoms with Crippen LogP contribution in [0.25, 0.3) is 5.57 Å². The van der Waals surface area contributed by atoms with Gasteiger partial charge in [0, 0.05) is 0 Å². The Hall–Kier alpha value is -1.30. The Balaban J connectivity index is 2.83. The lowest BCUT2D eigenvalue weighted by Gasteiger charge is -2.06. The lowest BCUT2D eigenvalue weighted by Crippen LogP contribution is -1.89. The van der Waals surface area contributed by atoms with Gasteiger partial charge in [0.2, 0.25) is 0 Å². The second-order valence-corrected chi connectivity index (χ2v) is 3.93. The van der Waals surface area contributed by atoms with Gasteiger partial charge in [-0.05, 0) is 24.0 Å². The summed E-state index contributed by atoms with van der Waals surface area (Å²) in [6.45, 7) is 10.6. The molecule has 0 radical (unpaired) electrons. The van der Waals surface area contributed by atoms with Gasteiger partial charge >= 0.3 is 0 Å². The number of hydrogen-bond acceptors (Lipinski definition) is 0. The summed E-state index contributed by atoms with van der Waals surface area (Å²) in [7, 11) is 0. The Labute approximate surface area is 87.0 Å². The summed E-state index contributed by atoms with van der Waals surface area (Å²) in [5, 5.41) is 0. The van der Waals surface area contributed by atoms with Gasteiger partial charge in [0.05, 0.1) is 0 Å². The van der Waals surface area contributed by atoms with E-state index in [4.69, 9.17) is 0 Å². The molecule has 0 heterocycles. The molecule has 74 valence electrons. The molecule has 1 rings (SSSR count). The van der Waals surface area contributed by atoms with Crippen molar-refractivity contribution in [3.63, 3.8) is 0 Å². The minimum Gasteiger partial charge on any atom is -0.0912 e. The van der Waals surface area contributed by atoms with E-state index in [0.717, 1.165) is 5.57 Å². The van der Waals surface area contributed by atoms with Crippen LogP contribution in [0, 0.1) is 5.92 Å². The second-order valence-electron chi connectivity index (χ2n) is 3.93. The predicted molar refractivity (Wildman–Crippen MR) is 64.1 cm³/mol. The Kier molecular flexibility index (Phi) is 3.70. The first kappa shape index (κ1) is 10.8. The van der Waals surface area contributed by atoms with Crippen molar-refractivity contribution in [2.24, 2.45) is 5.92 Å². The molecule has 1 aromatic carbocycles. The van der Waals surface area contributed by atoms with E-state index >= 15 is 0 Å². The summed E-state index contributed by atoms with van der Waals surface area (Å²) >= 11 is 0. The van der Waals surface area contributed by atoms with E-state index in [2.05, 4.69) is 45.6 Å². The summed E-state index contributed by atoms with van der Waals surface area (Å²) < 4.78 is 0. The highest BCUT2D eigenvalue weighted by atomic mass is 14.0. The molecular weight excluding hydrogens is 168 g/mol. The number of rotatable bonds is 3. The standard InChI is InChI=1S/C14H18/c1-11(2)12(3)10-13(4)14-8-6-5-7-9-14/h5-11H,4H2,1-3H3/b12-10+. The maximum Gasteiger partial charge on any atom is -0.0190 e. The van der Waals surface area contributed by atoms with Gasteiger partial charge in [-0.15, -0.1) is 0 Å². The summed E-state index contributed by atoms with van der Waals surface area (Å²) in [5.41, 5.74) is 3.67. The van der Waals surface area contributed by atoms with Crippen LogP contribution in [-0.2, 0) is 0 Å². The van der Waals surface area contributed by atoms with E-state index in [0.29, 0.717) is 5.92 Å². The Morgan fingerprint density at radius 1 is 1.21 bits per heavy atom. The lowest BCUT2D eigenvalue weighted by molar-refractivity contribution is 0.770. The van der Waals surface area contributed by atoms with Crippen LogP contribution in [0.2, 0.25) is 0 Å². The molecule has 0 N–H and O–H groups in total. The van der Waals surface area contributed by atoms with Gasteiger partial charge in [-0.3, -0.25) is 0 Å². The molecule has 0 amide bonds. The quantitative estimate of drug-likeness (QED) is 0.617. The fraction of sp³-hybridized carbons (Fsp3) is 0.286. The highest BCUT2D eigenvalue weighted by Gasteiger charge is 1.98. The summed E-state index contributed by atoms with van der Waals surface area (Å²) in [6, 6.07) is 10.3. The molecule has 0 aliphatic heterocycles. The van der Waals surface area contributed by atoms with Crippen LogP contribution in [0.1, 0.15) is 26.3 Å². The molecule has 0 heteroatoms. The van der Waals surface area contributed by atoms with Crippen molar-refractivity contribution >= 4 is 5.57 Å². The van der Waals surface area contributed by atoms with Crippen molar-refractivity contribution in [1.29, 1.82) is 0 Å². The van der Waals surface area contributed by atoms with Gasteiger partial charge in [0.1, 0.15) is 0 Å². The molecule has 14 heavy (non-hydrogen) atoms. The zero-order valence-corrected chi connectivity index (χ0v) is 9.25. The van der Waals surface area contributed by atoms with Gasteiger partial charge in [-0.2, -0.15) is 0 Å². The van der Waals surface area contributed by atoms with E-state index in [9.17, 15) is 0 Å². The average Bonchev–Trinajstić information content (AvgIpc) is 2.19. The normalized spacial score (nSPS) is 11.9. The van der Waals surface area contributed by atoms with Crippen LogP contribution in [-0.4, -0.2) is 0 Å². The van der Waals surface area contributed by atoms with Crippen LogP contribution in [0.15, 0.2) is 48.6 Å². The number of hydrogen-bond donors (Lipinski definition) is 0. The zero-order valence-electron chi connectivity index (χ0n) is 9.25. The molecule has 0 nitrogen and oxygen atoms in total. The van der Waals surface area contributed by atoms with Crippen LogP contribution in [0.3, 0.4) is 0 Å². The van der Waals surface area contributed by atoms with E-state index in [1.54, 1.807) is 0 Å². The highest BCUT2D eigenvalue weighted by Crippen LogP contribution is 2.18. The molecule has 0 aromatic heterocycles. The maximum atomic E-state index is 4.07. The predicted octanol–water partition coefficient (Wildman–Crippen LogP) is 4.30. The Morgan fingerprint density at radius 2 is 1.79 bits per heavy atom. The molecule has 0 saturated carbocycles.